The zero-order chi connectivity index (χ0) is 16.2. The molecule has 118 valence electrons. The van der Waals surface area contributed by atoms with E-state index < -0.39 is 0 Å². The monoisotopic (exact) mass is 301 g/mol. The predicted molar refractivity (Wildman–Crippen MR) is 87.2 cm³/mol. The number of phenolic OH excluding ortho intramolecular Hbond substituents is 1. The van der Waals surface area contributed by atoms with Crippen LogP contribution in [0.15, 0.2) is 48.3 Å². The maximum absolute atomic E-state index is 11.9. The van der Waals surface area contributed by atoms with Crippen molar-refractivity contribution in [3.05, 3.63) is 53.9 Å². The highest BCUT2D eigenvalue weighted by Gasteiger charge is 2.19. The minimum atomic E-state index is -0.261. The molecular formula is C17H23N3O2. The Morgan fingerprint density at radius 3 is 2.73 bits per heavy atom. The molecule has 2 rings (SSSR count). The fourth-order valence-electron chi connectivity index (χ4n) is 2.11. The molecule has 1 aromatic carbocycles. The largest absolute Gasteiger partial charge is 0.508 e. The van der Waals surface area contributed by atoms with Gasteiger partial charge in [-0.05, 0) is 50.6 Å². The molecule has 0 fully saturated rings. The Morgan fingerprint density at radius 2 is 2.14 bits per heavy atom. The Labute approximate surface area is 131 Å². The van der Waals surface area contributed by atoms with E-state index in [4.69, 9.17) is 0 Å². The van der Waals surface area contributed by atoms with Crippen LogP contribution < -0.4 is 10.6 Å². The summed E-state index contributed by atoms with van der Waals surface area (Å²) in [6.07, 6.45) is 5.87. The molecule has 1 heterocycles. The van der Waals surface area contributed by atoms with E-state index in [0.717, 1.165) is 17.8 Å². The van der Waals surface area contributed by atoms with Crippen LogP contribution in [0.25, 0.3) is 0 Å². The molecule has 1 aromatic rings. The van der Waals surface area contributed by atoms with E-state index in [9.17, 15) is 9.90 Å². The average molecular weight is 301 g/mol. The van der Waals surface area contributed by atoms with Crippen molar-refractivity contribution in [1.82, 2.24) is 15.5 Å². The standard InChI is InChI=1S/C17H23N3O2/c1-17(2,3)20-9-7-14(8-10-20)19-16(22)18-12-13-5-4-6-15(21)11-13/h4-9,11,21H,10,12H2,1-3H3,(H2,18,19,22). The normalized spacial score (nSPS) is 14.5. The number of hydrogen-bond donors (Lipinski definition) is 3. The molecule has 2 amide bonds. The second-order valence-corrected chi connectivity index (χ2v) is 6.28. The highest BCUT2D eigenvalue weighted by molar-refractivity contribution is 5.76. The Morgan fingerprint density at radius 1 is 1.36 bits per heavy atom. The summed E-state index contributed by atoms with van der Waals surface area (Å²) in [4.78, 5) is 14.1. The van der Waals surface area contributed by atoms with Gasteiger partial charge in [-0.2, -0.15) is 0 Å². The number of carbonyl (C=O) groups excluding carboxylic acids is 1. The van der Waals surface area contributed by atoms with Crippen molar-refractivity contribution in [2.24, 2.45) is 0 Å². The summed E-state index contributed by atoms with van der Waals surface area (Å²) in [5.74, 6) is 0.194. The molecular weight excluding hydrogens is 278 g/mol. The first kappa shape index (κ1) is 15.9. The molecule has 0 aliphatic carbocycles. The van der Waals surface area contributed by atoms with Gasteiger partial charge in [-0.25, -0.2) is 4.79 Å². The number of benzene rings is 1. The second kappa shape index (κ2) is 6.56. The van der Waals surface area contributed by atoms with E-state index in [1.807, 2.05) is 24.4 Å². The fraction of sp³-hybridized carbons (Fsp3) is 0.353. The number of nitrogens with one attached hydrogen (secondary N) is 2. The summed E-state index contributed by atoms with van der Waals surface area (Å²) in [6, 6.07) is 6.56. The molecule has 5 heteroatoms. The van der Waals surface area contributed by atoms with Crippen molar-refractivity contribution in [1.29, 1.82) is 0 Å². The second-order valence-electron chi connectivity index (χ2n) is 6.28. The van der Waals surface area contributed by atoms with Crippen LogP contribution in [-0.4, -0.2) is 28.1 Å². The number of phenols is 1. The first-order valence-electron chi connectivity index (χ1n) is 7.32. The number of allylic oxidation sites excluding steroid dienone is 1. The van der Waals surface area contributed by atoms with Gasteiger partial charge in [-0.1, -0.05) is 12.1 Å². The van der Waals surface area contributed by atoms with Crippen LogP contribution in [0.5, 0.6) is 5.75 Å². The molecule has 0 atom stereocenters. The molecule has 0 saturated carbocycles. The van der Waals surface area contributed by atoms with E-state index >= 15 is 0 Å². The number of urea groups is 1. The van der Waals surface area contributed by atoms with Gasteiger partial charge in [0.05, 0.1) is 0 Å². The van der Waals surface area contributed by atoms with Crippen molar-refractivity contribution in [3.8, 4) is 5.75 Å². The zero-order valence-electron chi connectivity index (χ0n) is 13.3. The van der Waals surface area contributed by atoms with Gasteiger partial charge in [0.25, 0.3) is 0 Å². The third-order valence-corrected chi connectivity index (χ3v) is 3.43. The lowest BCUT2D eigenvalue weighted by molar-refractivity contribution is 0.222. The molecule has 5 nitrogen and oxygen atoms in total. The average Bonchev–Trinajstić information content (AvgIpc) is 2.45. The number of amides is 2. The SMILES string of the molecule is CC(C)(C)N1C=CC(NC(=O)NCc2cccc(O)c2)=CC1. The predicted octanol–water partition coefficient (Wildman–Crippen LogP) is 2.70. The number of rotatable bonds is 3. The first-order chi connectivity index (χ1) is 10.3. The van der Waals surface area contributed by atoms with Crippen molar-refractivity contribution in [3.63, 3.8) is 0 Å². The van der Waals surface area contributed by atoms with E-state index in [1.54, 1.807) is 18.2 Å². The smallest absolute Gasteiger partial charge is 0.319 e. The molecule has 1 aliphatic heterocycles. The van der Waals surface area contributed by atoms with Crippen LogP contribution in [-0.2, 0) is 6.54 Å². The minimum Gasteiger partial charge on any atom is -0.508 e. The quantitative estimate of drug-likeness (QED) is 0.804. The number of aromatic hydroxyl groups is 1. The maximum atomic E-state index is 11.9. The lowest BCUT2D eigenvalue weighted by Gasteiger charge is -2.35. The molecule has 0 spiro atoms. The third-order valence-electron chi connectivity index (χ3n) is 3.43. The molecule has 0 saturated heterocycles. The van der Waals surface area contributed by atoms with E-state index in [1.165, 1.54) is 0 Å². The van der Waals surface area contributed by atoms with Crippen LogP contribution in [0.1, 0.15) is 26.3 Å². The number of carbonyl (C=O) groups is 1. The molecule has 0 radical (unpaired) electrons. The molecule has 1 aliphatic rings. The molecule has 0 aromatic heterocycles. The minimum absolute atomic E-state index is 0.0656. The van der Waals surface area contributed by atoms with Gasteiger partial charge in [0, 0.05) is 30.5 Å². The Bertz CT molecular complexity index is 600. The Kier molecular flexibility index (Phi) is 4.75. The van der Waals surface area contributed by atoms with Gasteiger partial charge >= 0.3 is 6.03 Å². The van der Waals surface area contributed by atoms with Crippen LogP contribution in [0.2, 0.25) is 0 Å². The van der Waals surface area contributed by atoms with Gasteiger partial charge in [-0.3, -0.25) is 0 Å². The summed E-state index contributed by atoms with van der Waals surface area (Å²) in [5.41, 5.74) is 1.70. The van der Waals surface area contributed by atoms with Crippen molar-refractivity contribution < 1.29 is 9.90 Å². The summed E-state index contributed by atoms with van der Waals surface area (Å²) in [7, 11) is 0. The Hall–Kier alpha value is -2.43. The first-order valence-corrected chi connectivity index (χ1v) is 7.32. The van der Waals surface area contributed by atoms with Crippen molar-refractivity contribution in [2.75, 3.05) is 6.54 Å². The lowest BCUT2D eigenvalue weighted by Crippen LogP contribution is -2.40. The third kappa shape index (κ3) is 4.55. The van der Waals surface area contributed by atoms with Gasteiger partial charge in [0.1, 0.15) is 5.75 Å². The van der Waals surface area contributed by atoms with Crippen molar-refractivity contribution >= 4 is 6.03 Å². The van der Waals surface area contributed by atoms with Gasteiger partial charge in [0.15, 0.2) is 0 Å². The Balaban J connectivity index is 1.81. The highest BCUT2D eigenvalue weighted by atomic mass is 16.3. The van der Waals surface area contributed by atoms with Gasteiger partial charge < -0.3 is 20.6 Å². The van der Waals surface area contributed by atoms with Crippen LogP contribution in [0.3, 0.4) is 0 Å². The highest BCUT2D eigenvalue weighted by Crippen LogP contribution is 2.17. The lowest BCUT2D eigenvalue weighted by atomic mass is 10.1. The van der Waals surface area contributed by atoms with Crippen LogP contribution in [0, 0.1) is 0 Å². The van der Waals surface area contributed by atoms with E-state index in [2.05, 4.69) is 36.3 Å². The number of hydrogen-bond acceptors (Lipinski definition) is 3. The van der Waals surface area contributed by atoms with Crippen LogP contribution in [0.4, 0.5) is 4.79 Å². The topological polar surface area (TPSA) is 64.6 Å². The molecule has 22 heavy (non-hydrogen) atoms. The molecule has 0 unspecified atom stereocenters. The van der Waals surface area contributed by atoms with Gasteiger partial charge in [-0.15, -0.1) is 0 Å². The summed E-state index contributed by atoms with van der Waals surface area (Å²) >= 11 is 0. The zero-order valence-corrected chi connectivity index (χ0v) is 13.3. The van der Waals surface area contributed by atoms with Gasteiger partial charge in [0.2, 0.25) is 0 Å². The van der Waals surface area contributed by atoms with Crippen LogP contribution >= 0.6 is 0 Å². The summed E-state index contributed by atoms with van der Waals surface area (Å²) in [6.45, 7) is 7.57. The molecule has 3 N–H and O–H groups in total. The fourth-order valence-corrected chi connectivity index (χ4v) is 2.11. The summed E-state index contributed by atoms with van der Waals surface area (Å²) in [5, 5.41) is 15.0. The van der Waals surface area contributed by atoms with E-state index in [0.29, 0.717) is 6.54 Å². The number of nitrogens with zero attached hydrogens (tertiary/aromatic N) is 1. The molecule has 0 bridgehead atoms. The maximum Gasteiger partial charge on any atom is 0.319 e. The van der Waals surface area contributed by atoms with Crippen molar-refractivity contribution in [2.45, 2.75) is 32.9 Å². The van der Waals surface area contributed by atoms with E-state index in [-0.39, 0.29) is 17.3 Å². The summed E-state index contributed by atoms with van der Waals surface area (Å²) < 4.78 is 0.